The second kappa shape index (κ2) is 11.0. The number of hydrazine groups is 2. The summed E-state index contributed by atoms with van der Waals surface area (Å²) >= 11 is 1.27. The van der Waals surface area contributed by atoms with E-state index >= 15 is 0 Å². The van der Waals surface area contributed by atoms with Gasteiger partial charge in [-0.1, -0.05) is 66.7 Å². The number of nitrogens with two attached hydrogens (primary N) is 1. The highest BCUT2D eigenvalue weighted by atomic mass is 32.2. The summed E-state index contributed by atoms with van der Waals surface area (Å²) < 4.78 is 0. The van der Waals surface area contributed by atoms with Crippen LogP contribution < -0.4 is 21.7 Å². The molecule has 0 fully saturated rings. The highest BCUT2D eigenvalue weighted by Gasteiger charge is 2.32. The van der Waals surface area contributed by atoms with Gasteiger partial charge in [0.25, 0.3) is 11.8 Å². The van der Waals surface area contributed by atoms with Gasteiger partial charge in [-0.25, -0.2) is 10.9 Å². The van der Waals surface area contributed by atoms with Crippen LogP contribution in [0.1, 0.15) is 5.56 Å². The van der Waals surface area contributed by atoms with Crippen molar-refractivity contribution >= 4 is 35.0 Å². The van der Waals surface area contributed by atoms with Gasteiger partial charge in [-0.2, -0.15) is 0 Å². The van der Waals surface area contributed by atoms with Gasteiger partial charge in [0.15, 0.2) is 5.25 Å². The molecule has 0 spiro atoms. The minimum atomic E-state index is -0.991. The van der Waals surface area contributed by atoms with Crippen molar-refractivity contribution < 1.29 is 9.59 Å². The van der Waals surface area contributed by atoms with E-state index < -0.39 is 17.1 Å². The lowest BCUT2D eigenvalue weighted by Gasteiger charge is -2.27. The average molecular weight is 421 g/mol. The van der Waals surface area contributed by atoms with Crippen LogP contribution in [0.2, 0.25) is 0 Å². The van der Waals surface area contributed by atoms with Gasteiger partial charge in [-0.3, -0.25) is 20.4 Å². The van der Waals surface area contributed by atoms with E-state index in [2.05, 4.69) is 10.9 Å². The first-order valence-corrected chi connectivity index (χ1v) is 10.6. The standard InChI is InChI=1S/C23H24N4O2S/c24-25-22(28)21(30-17-16-18-10-4-1-5-11-18)23(29)27(20-14-8-3-9-15-20)26-19-12-6-2-7-13-19/h1-15,21,26H,16-17,24H2,(H,25,28). The molecule has 3 rings (SSSR count). The van der Waals surface area contributed by atoms with Gasteiger partial charge in [0.2, 0.25) is 0 Å². The fourth-order valence-corrected chi connectivity index (χ4v) is 3.91. The van der Waals surface area contributed by atoms with Crippen LogP contribution in [0.25, 0.3) is 0 Å². The number of rotatable bonds is 9. The zero-order valence-electron chi connectivity index (χ0n) is 16.4. The van der Waals surface area contributed by atoms with Crippen molar-refractivity contribution in [1.29, 1.82) is 0 Å². The fourth-order valence-electron chi connectivity index (χ4n) is 2.86. The predicted molar refractivity (Wildman–Crippen MR) is 123 cm³/mol. The van der Waals surface area contributed by atoms with E-state index in [0.717, 1.165) is 17.7 Å². The van der Waals surface area contributed by atoms with Crippen LogP contribution in [0.15, 0.2) is 91.0 Å². The summed E-state index contributed by atoms with van der Waals surface area (Å²) in [5.74, 6) is 5.05. The zero-order valence-corrected chi connectivity index (χ0v) is 17.2. The molecule has 0 saturated heterocycles. The first-order valence-electron chi connectivity index (χ1n) is 9.56. The summed E-state index contributed by atoms with van der Waals surface area (Å²) in [6.07, 6.45) is 0.741. The van der Waals surface area contributed by atoms with Crippen LogP contribution in [0, 0.1) is 0 Å². The molecule has 30 heavy (non-hydrogen) atoms. The topological polar surface area (TPSA) is 87.5 Å². The van der Waals surface area contributed by atoms with Crippen molar-refractivity contribution in [2.75, 3.05) is 16.2 Å². The Bertz CT molecular complexity index is 939. The number of amides is 2. The zero-order chi connectivity index (χ0) is 21.2. The Morgan fingerprint density at radius 3 is 2.03 bits per heavy atom. The Labute approximate surface area is 180 Å². The number of hydrogen-bond acceptors (Lipinski definition) is 5. The van der Waals surface area contributed by atoms with Gasteiger partial charge in [0.05, 0.1) is 11.4 Å². The van der Waals surface area contributed by atoms with Gasteiger partial charge in [-0.15, -0.1) is 11.8 Å². The van der Waals surface area contributed by atoms with Gasteiger partial charge in [0, 0.05) is 0 Å². The first-order chi connectivity index (χ1) is 14.7. The highest BCUT2D eigenvalue weighted by molar-refractivity contribution is 8.01. The van der Waals surface area contributed by atoms with E-state index in [-0.39, 0.29) is 0 Å². The SMILES string of the molecule is NNC(=O)C(SCCc1ccccc1)C(=O)N(Nc1ccccc1)c1ccccc1. The lowest BCUT2D eigenvalue weighted by molar-refractivity contribution is -0.127. The number of nitrogens with zero attached hydrogens (tertiary/aromatic N) is 1. The molecule has 0 aliphatic heterocycles. The summed E-state index contributed by atoms with van der Waals surface area (Å²) in [4.78, 5) is 25.9. The molecule has 154 valence electrons. The smallest absolute Gasteiger partial charge is 0.268 e. The molecule has 0 aromatic heterocycles. The molecular weight excluding hydrogens is 396 g/mol. The normalized spacial score (nSPS) is 11.4. The molecular formula is C23H24N4O2S. The van der Waals surface area contributed by atoms with Gasteiger partial charge in [0.1, 0.15) is 0 Å². The van der Waals surface area contributed by atoms with Gasteiger partial charge in [-0.05, 0) is 42.0 Å². The van der Waals surface area contributed by atoms with Crippen LogP contribution >= 0.6 is 11.8 Å². The van der Waals surface area contributed by atoms with E-state index in [9.17, 15) is 9.59 Å². The van der Waals surface area contributed by atoms with Crippen molar-refractivity contribution in [2.24, 2.45) is 5.84 Å². The summed E-state index contributed by atoms with van der Waals surface area (Å²) in [6, 6.07) is 28.4. The molecule has 7 heteroatoms. The van der Waals surface area contributed by atoms with Crippen LogP contribution in [0.4, 0.5) is 11.4 Å². The Balaban J connectivity index is 1.79. The summed E-state index contributed by atoms with van der Waals surface area (Å²) in [5.41, 5.74) is 7.75. The number of thioether (sulfide) groups is 1. The maximum absolute atomic E-state index is 13.4. The molecule has 0 radical (unpaired) electrons. The molecule has 2 amide bonds. The van der Waals surface area contributed by atoms with E-state index in [1.54, 1.807) is 12.1 Å². The second-order valence-electron chi connectivity index (χ2n) is 6.48. The number of hydrogen-bond donors (Lipinski definition) is 3. The Morgan fingerprint density at radius 2 is 1.43 bits per heavy atom. The maximum Gasteiger partial charge on any atom is 0.268 e. The number of para-hydroxylation sites is 2. The minimum Gasteiger partial charge on any atom is -0.293 e. The molecule has 0 heterocycles. The molecule has 1 atom stereocenters. The molecule has 0 saturated carbocycles. The Morgan fingerprint density at radius 1 is 0.867 bits per heavy atom. The van der Waals surface area contributed by atoms with E-state index in [1.807, 2.05) is 78.9 Å². The van der Waals surface area contributed by atoms with Crippen molar-refractivity contribution in [2.45, 2.75) is 11.7 Å². The van der Waals surface area contributed by atoms with Crippen LogP contribution in [0.5, 0.6) is 0 Å². The third-order valence-corrected chi connectivity index (χ3v) is 5.56. The lowest BCUT2D eigenvalue weighted by Crippen LogP contribution is -2.50. The van der Waals surface area contributed by atoms with Crippen LogP contribution in [-0.4, -0.2) is 22.8 Å². The molecule has 1 unspecified atom stereocenters. The maximum atomic E-state index is 13.4. The fraction of sp³-hybridized carbons (Fsp3) is 0.130. The number of carbonyl (C=O) groups is 2. The second-order valence-corrected chi connectivity index (χ2v) is 7.70. The number of anilines is 2. The van der Waals surface area contributed by atoms with Crippen molar-refractivity contribution in [1.82, 2.24) is 5.43 Å². The number of carbonyl (C=O) groups excluding carboxylic acids is 2. The van der Waals surface area contributed by atoms with Gasteiger partial charge < -0.3 is 0 Å². The quantitative estimate of drug-likeness (QED) is 0.214. The van der Waals surface area contributed by atoms with E-state index in [1.165, 1.54) is 16.8 Å². The van der Waals surface area contributed by atoms with E-state index in [0.29, 0.717) is 11.4 Å². The number of nitrogens with one attached hydrogen (secondary N) is 2. The third-order valence-electron chi connectivity index (χ3n) is 4.37. The molecule has 6 nitrogen and oxygen atoms in total. The molecule has 3 aromatic carbocycles. The third kappa shape index (κ3) is 5.85. The summed E-state index contributed by atoms with van der Waals surface area (Å²) in [7, 11) is 0. The lowest BCUT2D eigenvalue weighted by atomic mass is 10.2. The summed E-state index contributed by atoms with van der Waals surface area (Å²) in [5, 5.41) is 0.403. The van der Waals surface area contributed by atoms with Crippen molar-refractivity contribution in [3.63, 3.8) is 0 Å². The Kier molecular flexibility index (Phi) is 7.88. The summed E-state index contributed by atoms with van der Waals surface area (Å²) in [6.45, 7) is 0. The van der Waals surface area contributed by atoms with E-state index in [4.69, 9.17) is 5.84 Å². The molecule has 0 aliphatic rings. The number of benzene rings is 3. The monoisotopic (exact) mass is 420 g/mol. The predicted octanol–water partition coefficient (Wildman–Crippen LogP) is 3.38. The van der Waals surface area contributed by atoms with Crippen LogP contribution in [-0.2, 0) is 16.0 Å². The van der Waals surface area contributed by atoms with Gasteiger partial charge >= 0.3 is 0 Å². The molecule has 3 aromatic rings. The van der Waals surface area contributed by atoms with Crippen molar-refractivity contribution in [3.05, 3.63) is 96.6 Å². The molecule has 4 N–H and O–H groups in total. The van der Waals surface area contributed by atoms with Crippen molar-refractivity contribution in [3.8, 4) is 0 Å². The largest absolute Gasteiger partial charge is 0.293 e. The average Bonchev–Trinajstić information content (AvgIpc) is 2.81. The molecule has 0 bridgehead atoms. The first kappa shape index (κ1) is 21.4. The Hall–Kier alpha value is -3.29. The highest BCUT2D eigenvalue weighted by Crippen LogP contribution is 2.22. The number of aryl methyl sites for hydroxylation is 1. The minimum absolute atomic E-state index is 0.397. The van der Waals surface area contributed by atoms with Crippen LogP contribution in [0.3, 0.4) is 0 Å². The molecule has 0 aliphatic carbocycles.